The summed E-state index contributed by atoms with van der Waals surface area (Å²) in [6.45, 7) is 8.67. The molecule has 0 spiro atoms. The summed E-state index contributed by atoms with van der Waals surface area (Å²) in [5.41, 5.74) is 7.98. The molecule has 1 heteroatoms. The number of halogens is 1. The number of hydrogen-bond donors (Lipinski definition) is 0. The van der Waals surface area contributed by atoms with Crippen LogP contribution in [-0.4, -0.2) is 0 Å². The standard InChI is InChI=1S/C33H33F/c1-23-5-9-27(10-6-23)13-16-31-17-14-29(22-33(31)34)15-18-32-25(3)19-30(20-26(32)4)21-28-11-7-24(2)8-12-28/h5-6,9-10,14,17,19-20,22,24,28H,7-8,11-12,21H2,1-4H3. The Hall–Kier alpha value is -3.29. The molecule has 172 valence electrons. The van der Waals surface area contributed by atoms with E-state index in [1.54, 1.807) is 6.07 Å². The maximum Gasteiger partial charge on any atom is 0.140 e. The molecule has 1 saturated carbocycles. The summed E-state index contributed by atoms with van der Waals surface area (Å²) in [6, 6.07) is 17.5. The second-order valence-electron chi connectivity index (χ2n) is 10.00. The van der Waals surface area contributed by atoms with E-state index in [2.05, 4.69) is 56.6 Å². The van der Waals surface area contributed by atoms with E-state index in [-0.39, 0.29) is 5.82 Å². The Morgan fingerprint density at radius 3 is 2.00 bits per heavy atom. The van der Waals surface area contributed by atoms with Crippen LogP contribution in [0.1, 0.15) is 77.1 Å². The summed E-state index contributed by atoms with van der Waals surface area (Å²) >= 11 is 0. The first-order valence-corrected chi connectivity index (χ1v) is 12.4. The summed E-state index contributed by atoms with van der Waals surface area (Å²) in [6.07, 6.45) is 6.58. The van der Waals surface area contributed by atoms with E-state index in [0.717, 1.165) is 23.0 Å². The molecule has 0 N–H and O–H groups in total. The van der Waals surface area contributed by atoms with Crippen LogP contribution in [0.25, 0.3) is 0 Å². The quantitative estimate of drug-likeness (QED) is 0.349. The van der Waals surface area contributed by atoms with E-state index >= 15 is 0 Å². The molecule has 3 aromatic rings. The predicted octanol–water partition coefficient (Wildman–Crippen LogP) is 7.92. The van der Waals surface area contributed by atoms with E-state index in [0.29, 0.717) is 11.1 Å². The van der Waals surface area contributed by atoms with Crippen molar-refractivity contribution >= 4 is 0 Å². The van der Waals surface area contributed by atoms with Gasteiger partial charge in [0.1, 0.15) is 5.82 Å². The molecular formula is C33H33F. The van der Waals surface area contributed by atoms with Gasteiger partial charge in [-0.2, -0.15) is 0 Å². The zero-order valence-corrected chi connectivity index (χ0v) is 20.8. The smallest absolute Gasteiger partial charge is 0.140 e. The van der Waals surface area contributed by atoms with Crippen LogP contribution in [0.15, 0.2) is 54.6 Å². The normalized spacial score (nSPS) is 17.3. The van der Waals surface area contributed by atoms with Gasteiger partial charge in [-0.25, -0.2) is 4.39 Å². The molecule has 4 rings (SSSR count). The number of benzene rings is 3. The van der Waals surface area contributed by atoms with Crippen molar-refractivity contribution < 1.29 is 4.39 Å². The number of hydrogen-bond acceptors (Lipinski definition) is 0. The van der Waals surface area contributed by atoms with Crippen molar-refractivity contribution in [1.29, 1.82) is 0 Å². The topological polar surface area (TPSA) is 0 Å². The summed E-state index contributed by atoms with van der Waals surface area (Å²) in [5, 5.41) is 0. The van der Waals surface area contributed by atoms with Crippen molar-refractivity contribution in [2.75, 3.05) is 0 Å². The lowest BCUT2D eigenvalue weighted by Crippen LogP contribution is -2.14. The molecule has 1 fully saturated rings. The second-order valence-corrected chi connectivity index (χ2v) is 10.00. The summed E-state index contributed by atoms with van der Waals surface area (Å²) < 4.78 is 14.6. The van der Waals surface area contributed by atoms with Crippen LogP contribution in [0.3, 0.4) is 0 Å². The molecule has 1 aliphatic carbocycles. The summed E-state index contributed by atoms with van der Waals surface area (Å²) in [4.78, 5) is 0. The maximum absolute atomic E-state index is 14.6. The lowest BCUT2D eigenvalue weighted by molar-refractivity contribution is 0.289. The minimum atomic E-state index is -0.336. The zero-order chi connectivity index (χ0) is 24.1. The third-order valence-electron chi connectivity index (χ3n) is 6.95. The Balaban J connectivity index is 1.48. The van der Waals surface area contributed by atoms with Crippen molar-refractivity contribution in [3.8, 4) is 23.7 Å². The first-order chi connectivity index (χ1) is 16.4. The van der Waals surface area contributed by atoms with Crippen LogP contribution in [-0.2, 0) is 6.42 Å². The molecule has 0 aromatic heterocycles. The Labute approximate surface area is 204 Å². The largest absolute Gasteiger partial charge is 0.206 e. The summed E-state index contributed by atoms with van der Waals surface area (Å²) in [7, 11) is 0. The Bertz CT molecular complexity index is 1260. The minimum absolute atomic E-state index is 0.336. The third-order valence-corrected chi connectivity index (χ3v) is 6.95. The van der Waals surface area contributed by atoms with Gasteiger partial charge in [0.15, 0.2) is 0 Å². The SMILES string of the molecule is Cc1ccc(C#Cc2ccc(C#Cc3c(C)cc(CC4CCC(C)CC4)cc3C)cc2F)cc1. The second kappa shape index (κ2) is 10.8. The van der Waals surface area contributed by atoms with Gasteiger partial charge in [0, 0.05) is 16.7 Å². The van der Waals surface area contributed by atoms with Gasteiger partial charge < -0.3 is 0 Å². The van der Waals surface area contributed by atoms with Gasteiger partial charge in [0.25, 0.3) is 0 Å². The number of rotatable bonds is 2. The van der Waals surface area contributed by atoms with Gasteiger partial charge in [-0.15, -0.1) is 0 Å². The highest BCUT2D eigenvalue weighted by Crippen LogP contribution is 2.31. The van der Waals surface area contributed by atoms with Crippen LogP contribution < -0.4 is 0 Å². The Kier molecular flexibility index (Phi) is 7.55. The fourth-order valence-corrected chi connectivity index (χ4v) is 4.84. The first kappa shape index (κ1) is 23.9. The third kappa shape index (κ3) is 6.18. The highest BCUT2D eigenvalue weighted by molar-refractivity contribution is 5.53. The van der Waals surface area contributed by atoms with Crippen LogP contribution in [0.4, 0.5) is 4.39 Å². The van der Waals surface area contributed by atoms with E-state index in [4.69, 9.17) is 0 Å². The van der Waals surface area contributed by atoms with E-state index in [9.17, 15) is 4.39 Å². The average Bonchev–Trinajstić information content (AvgIpc) is 2.80. The van der Waals surface area contributed by atoms with E-state index in [1.807, 2.05) is 37.3 Å². The zero-order valence-electron chi connectivity index (χ0n) is 20.8. The van der Waals surface area contributed by atoms with Gasteiger partial charge in [-0.05, 0) is 98.9 Å². The van der Waals surface area contributed by atoms with E-state index in [1.165, 1.54) is 60.4 Å². The fourth-order valence-electron chi connectivity index (χ4n) is 4.84. The monoisotopic (exact) mass is 448 g/mol. The van der Waals surface area contributed by atoms with Gasteiger partial charge in [0.05, 0.1) is 5.56 Å². The lowest BCUT2D eigenvalue weighted by Gasteiger charge is -2.26. The molecule has 0 atom stereocenters. The minimum Gasteiger partial charge on any atom is -0.206 e. The molecule has 0 unspecified atom stereocenters. The lowest BCUT2D eigenvalue weighted by atomic mass is 9.79. The maximum atomic E-state index is 14.6. The molecule has 0 amide bonds. The van der Waals surface area contributed by atoms with Crippen LogP contribution in [0, 0.1) is 62.1 Å². The molecule has 3 aromatic carbocycles. The molecule has 0 saturated heterocycles. The predicted molar refractivity (Wildman–Crippen MR) is 140 cm³/mol. The van der Waals surface area contributed by atoms with E-state index < -0.39 is 0 Å². The van der Waals surface area contributed by atoms with Crippen molar-refractivity contribution in [2.45, 2.75) is 59.8 Å². The Morgan fingerprint density at radius 2 is 1.35 bits per heavy atom. The molecule has 34 heavy (non-hydrogen) atoms. The van der Waals surface area contributed by atoms with Crippen LogP contribution in [0.5, 0.6) is 0 Å². The molecular weight excluding hydrogens is 415 g/mol. The molecule has 0 nitrogen and oxygen atoms in total. The van der Waals surface area contributed by atoms with Crippen molar-refractivity contribution in [3.63, 3.8) is 0 Å². The molecule has 1 aliphatic rings. The highest BCUT2D eigenvalue weighted by Gasteiger charge is 2.19. The highest BCUT2D eigenvalue weighted by atomic mass is 19.1. The van der Waals surface area contributed by atoms with Gasteiger partial charge in [-0.3, -0.25) is 0 Å². The Morgan fingerprint density at radius 1 is 0.735 bits per heavy atom. The molecule has 0 radical (unpaired) electrons. The van der Waals surface area contributed by atoms with Gasteiger partial charge >= 0.3 is 0 Å². The van der Waals surface area contributed by atoms with Crippen LogP contribution in [0.2, 0.25) is 0 Å². The number of aryl methyl sites for hydroxylation is 3. The van der Waals surface area contributed by atoms with Gasteiger partial charge in [-0.1, -0.05) is 73.3 Å². The molecule has 0 bridgehead atoms. The van der Waals surface area contributed by atoms with Crippen molar-refractivity contribution in [3.05, 3.63) is 105 Å². The first-order valence-electron chi connectivity index (χ1n) is 12.4. The van der Waals surface area contributed by atoms with Crippen molar-refractivity contribution in [1.82, 2.24) is 0 Å². The average molecular weight is 449 g/mol. The fraction of sp³-hybridized carbons (Fsp3) is 0.333. The van der Waals surface area contributed by atoms with Crippen molar-refractivity contribution in [2.24, 2.45) is 11.8 Å². The molecule has 0 heterocycles. The van der Waals surface area contributed by atoms with Crippen LogP contribution >= 0.6 is 0 Å². The van der Waals surface area contributed by atoms with Gasteiger partial charge in [0.2, 0.25) is 0 Å². The summed E-state index contributed by atoms with van der Waals surface area (Å²) in [5.74, 6) is 13.8. The molecule has 0 aliphatic heterocycles.